The molecule has 0 aromatic carbocycles. The lowest BCUT2D eigenvalue weighted by molar-refractivity contribution is 0.0947. The van der Waals surface area contributed by atoms with E-state index in [1.54, 1.807) is 12.3 Å². The predicted octanol–water partition coefficient (Wildman–Crippen LogP) is 3.09. The van der Waals surface area contributed by atoms with Gasteiger partial charge in [-0.15, -0.1) is 0 Å². The number of rotatable bonds is 5. The van der Waals surface area contributed by atoms with E-state index in [4.69, 9.17) is 11.6 Å². The molecule has 1 heterocycles. The zero-order chi connectivity index (χ0) is 13.7. The maximum atomic E-state index is 12.0. The second-order valence-electron chi connectivity index (χ2n) is 4.95. The molecular formula is C14H20ClN3O. The summed E-state index contributed by atoms with van der Waals surface area (Å²) in [5.74, 6) is 1.16. The van der Waals surface area contributed by atoms with Gasteiger partial charge in [0.15, 0.2) is 0 Å². The lowest BCUT2D eigenvalue weighted by Gasteiger charge is -2.11. The van der Waals surface area contributed by atoms with Gasteiger partial charge in [-0.3, -0.25) is 4.79 Å². The van der Waals surface area contributed by atoms with Gasteiger partial charge in [0.1, 0.15) is 5.82 Å². The highest BCUT2D eigenvalue weighted by atomic mass is 35.5. The molecule has 1 aromatic rings. The summed E-state index contributed by atoms with van der Waals surface area (Å²) in [5, 5.41) is 6.49. The smallest absolute Gasteiger partial charge is 0.252 e. The standard InChI is InChI=1S/C14H20ClN3O/c1-2-16-13-12(15)7-11(9-17-13)14(19)18-8-10-5-3-4-6-10/h7,9-10H,2-6,8H2,1H3,(H,16,17)(H,18,19). The maximum Gasteiger partial charge on any atom is 0.252 e. The van der Waals surface area contributed by atoms with Crippen molar-refractivity contribution in [2.75, 3.05) is 18.4 Å². The largest absolute Gasteiger partial charge is 0.369 e. The van der Waals surface area contributed by atoms with Crippen LogP contribution in [0, 0.1) is 5.92 Å². The number of nitrogens with zero attached hydrogens (tertiary/aromatic N) is 1. The van der Waals surface area contributed by atoms with Crippen LogP contribution in [0.15, 0.2) is 12.3 Å². The number of pyridine rings is 1. The maximum absolute atomic E-state index is 12.0. The fourth-order valence-electron chi connectivity index (χ4n) is 2.41. The van der Waals surface area contributed by atoms with Crippen LogP contribution in [0.2, 0.25) is 5.02 Å². The molecule has 0 atom stereocenters. The molecule has 4 nitrogen and oxygen atoms in total. The van der Waals surface area contributed by atoms with E-state index in [-0.39, 0.29) is 5.91 Å². The third-order valence-electron chi connectivity index (χ3n) is 3.47. The van der Waals surface area contributed by atoms with Crippen molar-refractivity contribution in [1.29, 1.82) is 0 Å². The molecule has 0 spiro atoms. The van der Waals surface area contributed by atoms with E-state index in [0.29, 0.717) is 22.3 Å². The molecule has 2 N–H and O–H groups in total. The van der Waals surface area contributed by atoms with Gasteiger partial charge in [0.2, 0.25) is 0 Å². The van der Waals surface area contributed by atoms with Crippen LogP contribution in [0.5, 0.6) is 0 Å². The second kappa shape index (κ2) is 6.75. The normalized spacial score (nSPS) is 15.5. The van der Waals surface area contributed by atoms with Gasteiger partial charge in [0, 0.05) is 19.3 Å². The van der Waals surface area contributed by atoms with Crippen molar-refractivity contribution in [3.8, 4) is 0 Å². The summed E-state index contributed by atoms with van der Waals surface area (Å²) in [5.41, 5.74) is 0.518. The molecule has 5 heteroatoms. The van der Waals surface area contributed by atoms with E-state index < -0.39 is 0 Å². The highest BCUT2D eigenvalue weighted by Gasteiger charge is 2.16. The Morgan fingerprint density at radius 1 is 1.47 bits per heavy atom. The molecule has 0 aliphatic heterocycles. The van der Waals surface area contributed by atoms with Crippen molar-refractivity contribution in [3.05, 3.63) is 22.8 Å². The highest BCUT2D eigenvalue weighted by Crippen LogP contribution is 2.24. The lowest BCUT2D eigenvalue weighted by Crippen LogP contribution is -2.28. The van der Waals surface area contributed by atoms with Crippen LogP contribution < -0.4 is 10.6 Å². The average Bonchev–Trinajstić information content (AvgIpc) is 2.91. The van der Waals surface area contributed by atoms with Gasteiger partial charge in [-0.1, -0.05) is 24.4 Å². The summed E-state index contributed by atoms with van der Waals surface area (Å²) in [6, 6.07) is 1.66. The van der Waals surface area contributed by atoms with Gasteiger partial charge in [-0.05, 0) is 31.7 Å². The molecule has 0 bridgehead atoms. The molecule has 1 amide bonds. The minimum Gasteiger partial charge on any atom is -0.369 e. The Bertz CT molecular complexity index is 444. The molecule has 2 rings (SSSR count). The molecule has 1 aliphatic rings. The minimum absolute atomic E-state index is 0.0932. The van der Waals surface area contributed by atoms with Crippen molar-refractivity contribution in [1.82, 2.24) is 10.3 Å². The fourth-order valence-corrected chi connectivity index (χ4v) is 2.65. The average molecular weight is 282 g/mol. The molecule has 0 unspecified atom stereocenters. The first-order valence-electron chi connectivity index (χ1n) is 6.88. The van der Waals surface area contributed by atoms with Crippen molar-refractivity contribution in [2.45, 2.75) is 32.6 Å². The quantitative estimate of drug-likeness (QED) is 0.872. The Balaban J connectivity index is 1.92. The third kappa shape index (κ3) is 3.83. The number of halogens is 1. The van der Waals surface area contributed by atoms with Gasteiger partial charge in [-0.25, -0.2) is 4.98 Å². The van der Waals surface area contributed by atoms with Crippen LogP contribution in [-0.4, -0.2) is 24.0 Å². The molecule has 104 valence electrons. The summed E-state index contributed by atoms with van der Waals surface area (Å²) in [6.45, 7) is 3.48. The lowest BCUT2D eigenvalue weighted by atomic mass is 10.1. The van der Waals surface area contributed by atoms with Crippen LogP contribution in [-0.2, 0) is 0 Å². The van der Waals surface area contributed by atoms with Crippen molar-refractivity contribution < 1.29 is 4.79 Å². The van der Waals surface area contributed by atoms with E-state index in [2.05, 4.69) is 15.6 Å². The molecule has 19 heavy (non-hydrogen) atoms. The van der Waals surface area contributed by atoms with Crippen LogP contribution >= 0.6 is 11.6 Å². The Kier molecular flexibility index (Phi) is 5.02. The van der Waals surface area contributed by atoms with Crippen LogP contribution in [0.1, 0.15) is 43.0 Å². The van der Waals surface area contributed by atoms with Crippen molar-refractivity contribution in [2.24, 2.45) is 5.92 Å². The summed E-state index contributed by atoms with van der Waals surface area (Å²) in [7, 11) is 0. The number of nitrogens with one attached hydrogen (secondary N) is 2. The Hall–Kier alpha value is -1.29. The number of hydrogen-bond donors (Lipinski definition) is 2. The summed E-state index contributed by atoms with van der Waals surface area (Å²) in [6.07, 6.45) is 6.57. The van der Waals surface area contributed by atoms with E-state index in [1.807, 2.05) is 6.92 Å². The number of carbonyl (C=O) groups excluding carboxylic acids is 1. The Morgan fingerprint density at radius 3 is 2.84 bits per heavy atom. The third-order valence-corrected chi connectivity index (χ3v) is 3.76. The molecule has 0 saturated heterocycles. The first-order valence-corrected chi connectivity index (χ1v) is 7.26. The van der Waals surface area contributed by atoms with E-state index in [1.165, 1.54) is 25.7 Å². The van der Waals surface area contributed by atoms with E-state index in [0.717, 1.165) is 13.1 Å². The zero-order valence-corrected chi connectivity index (χ0v) is 12.0. The number of aromatic nitrogens is 1. The SMILES string of the molecule is CCNc1ncc(C(=O)NCC2CCCC2)cc1Cl. The summed E-state index contributed by atoms with van der Waals surface area (Å²) >= 11 is 6.07. The van der Waals surface area contributed by atoms with Gasteiger partial charge >= 0.3 is 0 Å². The van der Waals surface area contributed by atoms with Crippen molar-refractivity contribution in [3.63, 3.8) is 0 Å². The highest BCUT2D eigenvalue weighted by molar-refractivity contribution is 6.33. The fraction of sp³-hybridized carbons (Fsp3) is 0.571. The Morgan fingerprint density at radius 2 is 2.21 bits per heavy atom. The number of amides is 1. The molecule has 1 fully saturated rings. The molecule has 0 radical (unpaired) electrons. The van der Waals surface area contributed by atoms with Gasteiger partial charge < -0.3 is 10.6 Å². The first kappa shape index (κ1) is 14.1. The first-order chi connectivity index (χ1) is 9.20. The monoisotopic (exact) mass is 281 g/mol. The number of anilines is 1. The van der Waals surface area contributed by atoms with Crippen LogP contribution in [0.25, 0.3) is 0 Å². The molecule has 1 aliphatic carbocycles. The van der Waals surface area contributed by atoms with Crippen molar-refractivity contribution >= 4 is 23.3 Å². The molecular weight excluding hydrogens is 262 g/mol. The van der Waals surface area contributed by atoms with Gasteiger partial charge in [0.05, 0.1) is 10.6 Å². The summed E-state index contributed by atoms with van der Waals surface area (Å²) in [4.78, 5) is 16.2. The van der Waals surface area contributed by atoms with E-state index >= 15 is 0 Å². The second-order valence-corrected chi connectivity index (χ2v) is 5.35. The number of carbonyl (C=O) groups is 1. The zero-order valence-electron chi connectivity index (χ0n) is 11.2. The van der Waals surface area contributed by atoms with E-state index in [9.17, 15) is 4.79 Å². The van der Waals surface area contributed by atoms with Crippen LogP contribution in [0.3, 0.4) is 0 Å². The van der Waals surface area contributed by atoms with Gasteiger partial charge in [0.25, 0.3) is 5.91 Å². The molecule has 1 saturated carbocycles. The summed E-state index contributed by atoms with van der Waals surface area (Å²) < 4.78 is 0. The Labute approximate surface area is 118 Å². The van der Waals surface area contributed by atoms with Crippen LogP contribution in [0.4, 0.5) is 5.82 Å². The number of hydrogen-bond acceptors (Lipinski definition) is 3. The topological polar surface area (TPSA) is 54.0 Å². The predicted molar refractivity (Wildman–Crippen MR) is 77.7 cm³/mol. The molecule has 1 aromatic heterocycles. The minimum atomic E-state index is -0.0932. The van der Waals surface area contributed by atoms with Gasteiger partial charge in [-0.2, -0.15) is 0 Å².